The highest BCUT2D eigenvalue weighted by Crippen LogP contribution is 2.25. The molecule has 0 saturated carbocycles. The number of pyridine rings is 1. The van der Waals surface area contributed by atoms with E-state index >= 15 is 0 Å². The third-order valence-electron chi connectivity index (χ3n) is 3.89. The number of hydrogen-bond donors (Lipinski definition) is 1. The molecule has 1 aromatic carbocycles. The molecule has 2 aromatic rings. The molecule has 1 aromatic heterocycles. The van der Waals surface area contributed by atoms with Gasteiger partial charge < -0.3 is 5.73 Å². The summed E-state index contributed by atoms with van der Waals surface area (Å²) in [4.78, 5) is 6.89. The Bertz CT molecular complexity index is 585. The van der Waals surface area contributed by atoms with Crippen molar-refractivity contribution in [2.24, 2.45) is 5.73 Å². The van der Waals surface area contributed by atoms with Gasteiger partial charge in [0.25, 0.3) is 0 Å². The molecule has 0 bridgehead atoms. The number of hydrogen-bond acceptors (Lipinski definition) is 3. The highest BCUT2D eigenvalue weighted by molar-refractivity contribution is 6.30. The van der Waals surface area contributed by atoms with Crippen LogP contribution in [0.4, 0.5) is 0 Å². The SMILES string of the molecule is NCC1CCCN1Cc1cc2ccccc2nc1Cl. The van der Waals surface area contributed by atoms with Crippen molar-refractivity contribution >= 4 is 22.5 Å². The summed E-state index contributed by atoms with van der Waals surface area (Å²) >= 11 is 6.30. The third-order valence-corrected chi connectivity index (χ3v) is 4.22. The Kier molecular flexibility index (Phi) is 3.69. The second-order valence-corrected chi connectivity index (χ2v) is 5.49. The second kappa shape index (κ2) is 5.45. The zero-order chi connectivity index (χ0) is 13.2. The minimum absolute atomic E-state index is 0.488. The maximum atomic E-state index is 6.30. The largest absolute Gasteiger partial charge is 0.329 e. The van der Waals surface area contributed by atoms with Gasteiger partial charge in [0, 0.05) is 30.1 Å². The molecule has 4 heteroatoms. The maximum Gasteiger partial charge on any atom is 0.134 e. The number of nitrogens with two attached hydrogens (primary N) is 1. The van der Waals surface area contributed by atoms with Crippen LogP contribution in [0.1, 0.15) is 18.4 Å². The van der Waals surface area contributed by atoms with E-state index in [0.29, 0.717) is 11.2 Å². The number of aromatic nitrogens is 1. The van der Waals surface area contributed by atoms with Crippen LogP contribution >= 0.6 is 11.6 Å². The number of benzene rings is 1. The van der Waals surface area contributed by atoms with Crippen LogP contribution in [0.3, 0.4) is 0 Å². The Morgan fingerprint density at radius 3 is 3.05 bits per heavy atom. The molecule has 1 unspecified atom stereocenters. The van der Waals surface area contributed by atoms with Gasteiger partial charge in [0.1, 0.15) is 5.15 Å². The topological polar surface area (TPSA) is 42.1 Å². The van der Waals surface area contributed by atoms with E-state index in [0.717, 1.165) is 36.1 Å². The smallest absolute Gasteiger partial charge is 0.134 e. The first-order valence-electron chi connectivity index (χ1n) is 6.76. The van der Waals surface area contributed by atoms with Crippen molar-refractivity contribution < 1.29 is 0 Å². The molecule has 2 heterocycles. The summed E-state index contributed by atoms with van der Waals surface area (Å²) in [7, 11) is 0. The van der Waals surface area contributed by atoms with Crippen LogP contribution in [0.25, 0.3) is 10.9 Å². The molecule has 3 rings (SSSR count). The summed E-state index contributed by atoms with van der Waals surface area (Å²) in [6, 6.07) is 10.7. The summed E-state index contributed by atoms with van der Waals surface area (Å²) in [6.07, 6.45) is 2.41. The molecule has 0 radical (unpaired) electrons. The van der Waals surface area contributed by atoms with Crippen LogP contribution in [-0.4, -0.2) is 29.0 Å². The summed E-state index contributed by atoms with van der Waals surface area (Å²) in [5.74, 6) is 0. The number of likely N-dealkylation sites (tertiary alicyclic amines) is 1. The molecule has 1 aliphatic heterocycles. The number of halogens is 1. The molecule has 0 amide bonds. The first-order chi connectivity index (χ1) is 9.28. The highest BCUT2D eigenvalue weighted by Gasteiger charge is 2.23. The molecule has 3 nitrogen and oxygen atoms in total. The monoisotopic (exact) mass is 275 g/mol. The van der Waals surface area contributed by atoms with Gasteiger partial charge in [0.15, 0.2) is 0 Å². The van der Waals surface area contributed by atoms with E-state index in [1.165, 1.54) is 12.8 Å². The Hall–Kier alpha value is -1.16. The molecule has 1 saturated heterocycles. The fraction of sp³-hybridized carbons (Fsp3) is 0.400. The van der Waals surface area contributed by atoms with E-state index in [2.05, 4.69) is 22.0 Å². The molecule has 0 spiro atoms. The Morgan fingerprint density at radius 1 is 1.37 bits per heavy atom. The number of nitrogens with zero attached hydrogens (tertiary/aromatic N) is 2. The van der Waals surface area contributed by atoms with Gasteiger partial charge in [-0.25, -0.2) is 4.98 Å². The number of para-hydroxylation sites is 1. The fourth-order valence-electron chi connectivity index (χ4n) is 2.84. The maximum absolute atomic E-state index is 6.30. The lowest BCUT2D eigenvalue weighted by atomic mass is 10.1. The Morgan fingerprint density at radius 2 is 2.21 bits per heavy atom. The van der Waals surface area contributed by atoms with E-state index in [9.17, 15) is 0 Å². The van der Waals surface area contributed by atoms with Crippen molar-refractivity contribution in [1.82, 2.24) is 9.88 Å². The van der Waals surface area contributed by atoms with Crippen LogP contribution in [0.15, 0.2) is 30.3 Å². The average molecular weight is 276 g/mol. The molecule has 0 aliphatic carbocycles. The van der Waals surface area contributed by atoms with E-state index in [-0.39, 0.29) is 0 Å². The zero-order valence-corrected chi connectivity index (χ0v) is 11.6. The first kappa shape index (κ1) is 12.9. The highest BCUT2D eigenvalue weighted by atomic mass is 35.5. The summed E-state index contributed by atoms with van der Waals surface area (Å²) in [5.41, 5.74) is 7.87. The number of fused-ring (bicyclic) bond motifs is 1. The van der Waals surface area contributed by atoms with Crippen molar-refractivity contribution in [2.75, 3.05) is 13.1 Å². The van der Waals surface area contributed by atoms with Gasteiger partial charge in [-0.15, -0.1) is 0 Å². The predicted molar refractivity (Wildman–Crippen MR) is 79.2 cm³/mol. The minimum atomic E-state index is 0.488. The van der Waals surface area contributed by atoms with Crippen molar-refractivity contribution in [3.8, 4) is 0 Å². The standard InChI is InChI=1S/C15H18ClN3/c16-15-12(10-19-7-3-5-13(19)9-17)8-11-4-1-2-6-14(11)18-15/h1-2,4,6,8,13H,3,5,7,9-10,17H2. The predicted octanol–water partition coefficient (Wildman–Crippen LogP) is 2.81. The Labute approximate surface area is 118 Å². The number of rotatable bonds is 3. The van der Waals surface area contributed by atoms with Crippen LogP contribution in [0, 0.1) is 0 Å². The normalized spacial score (nSPS) is 20.2. The molecular weight excluding hydrogens is 258 g/mol. The quantitative estimate of drug-likeness (QED) is 0.876. The van der Waals surface area contributed by atoms with Gasteiger partial charge in [0.2, 0.25) is 0 Å². The lowest BCUT2D eigenvalue weighted by Crippen LogP contribution is -2.34. The van der Waals surface area contributed by atoms with Gasteiger partial charge in [-0.1, -0.05) is 29.8 Å². The third kappa shape index (κ3) is 2.59. The van der Waals surface area contributed by atoms with Gasteiger partial charge in [0.05, 0.1) is 5.52 Å². The summed E-state index contributed by atoms with van der Waals surface area (Å²) in [5, 5.41) is 1.76. The van der Waals surface area contributed by atoms with Gasteiger partial charge >= 0.3 is 0 Å². The molecule has 2 N–H and O–H groups in total. The van der Waals surface area contributed by atoms with Gasteiger partial charge in [-0.05, 0) is 31.5 Å². The minimum Gasteiger partial charge on any atom is -0.329 e. The van der Waals surface area contributed by atoms with Crippen molar-refractivity contribution in [1.29, 1.82) is 0 Å². The van der Waals surface area contributed by atoms with Crippen LogP contribution in [0.5, 0.6) is 0 Å². The van der Waals surface area contributed by atoms with Gasteiger partial charge in [-0.3, -0.25) is 4.90 Å². The van der Waals surface area contributed by atoms with Gasteiger partial charge in [-0.2, -0.15) is 0 Å². The zero-order valence-electron chi connectivity index (χ0n) is 10.8. The lowest BCUT2D eigenvalue weighted by molar-refractivity contribution is 0.250. The summed E-state index contributed by atoms with van der Waals surface area (Å²) < 4.78 is 0. The average Bonchev–Trinajstić information content (AvgIpc) is 2.87. The molecule has 1 aliphatic rings. The van der Waals surface area contributed by atoms with Crippen LogP contribution < -0.4 is 5.73 Å². The molecule has 100 valence electrons. The molecule has 1 atom stereocenters. The summed E-state index contributed by atoms with van der Waals surface area (Å²) in [6.45, 7) is 2.67. The molecule has 1 fully saturated rings. The molecular formula is C15H18ClN3. The van der Waals surface area contributed by atoms with Crippen molar-refractivity contribution in [3.05, 3.63) is 41.0 Å². The van der Waals surface area contributed by atoms with E-state index in [1.807, 2.05) is 18.2 Å². The van der Waals surface area contributed by atoms with E-state index < -0.39 is 0 Å². The van der Waals surface area contributed by atoms with Crippen molar-refractivity contribution in [3.63, 3.8) is 0 Å². The second-order valence-electron chi connectivity index (χ2n) is 5.13. The first-order valence-corrected chi connectivity index (χ1v) is 7.14. The fourth-order valence-corrected chi connectivity index (χ4v) is 3.04. The van der Waals surface area contributed by atoms with Crippen LogP contribution in [-0.2, 0) is 6.54 Å². The van der Waals surface area contributed by atoms with E-state index in [1.54, 1.807) is 0 Å². The van der Waals surface area contributed by atoms with Crippen LogP contribution in [0.2, 0.25) is 5.15 Å². The molecule has 19 heavy (non-hydrogen) atoms. The van der Waals surface area contributed by atoms with E-state index in [4.69, 9.17) is 17.3 Å². The lowest BCUT2D eigenvalue weighted by Gasteiger charge is -2.23. The Balaban J connectivity index is 1.90. The van der Waals surface area contributed by atoms with Crippen molar-refractivity contribution in [2.45, 2.75) is 25.4 Å².